The minimum atomic E-state index is -0.865. The van der Waals surface area contributed by atoms with Gasteiger partial charge >= 0.3 is 5.97 Å². The van der Waals surface area contributed by atoms with E-state index in [9.17, 15) is 19.7 Å². The van der Waals surface area contributed by atoms with Crippen molar-refractivity contribution in [2.75, 3.05) is 20.8 Å². The Balaban J connectivity index is 1.56. The summed E-state index contributed by atoms with van der Waals surface area (Å²) in [7, 11) is 3.03. The molecule has 1 atom stereocenters. The highest BCUT2D eigenvalue weighted by atomic mass is 79.9. The molecule has 0 amide bonds. The van der Waals surface area contributed by atoms with Crippen LogP contribution in [0, 0.1) is 10.1 Å². The Labute approximate surface area is 297 Å². The van der Waals surface area contributed by atoms with Crippen molar-refractivity contribution in [2.45, 2.75) is 26.5 Å². The number of halogens is 3. The number of nitro groups is 1. The van der Waals surface area contributed by atoms with Gasteiger partial charge in [-0.15, -0.1) is 0 Å². The van der Waals surface area contributed by atoms with Crippen LogP contribution >= 0.6 is 59.1 Å². The lowest BCUT2D eigenvalue weighted by molar-refractivity contribution is -0.384. The van der Waals surface area contributed by atoms with Crippen molar-refractivity contribution in [3.63, 3.8) is 0 Å². The quantitative estimate of drug-likeness (QED) is 0.0993. The highest BCUT2D eigenvalue weighted by Gasteiger charge is 2.35. The van der Waals surface area contributed by atoms with E-state index >= 15 is 0 Å². The van der Waals surface area contributed by atoms with Crippen LogP contribution in [0.3, 0.4) is 0 Å². The molecule has 5 rings (SSSR count). The molecule has 47 heavy (non-hydrogen) atoms. The fourth-order valence-corrected chi connectivity index (χ4v) is 8.02. The maximum Gasteiger partial charge on any atom is 0.338 e. The van der Waals surface area contributed by atoms with Gasteiger partial charge in [-0.25, -0.2) is 9.79 Å². The second-order valence-electron chi connectivity index (χ2n) is 10.1. The zero-order valence-corrected chi connectivity index (χ0v) is 30.9. The first-order valence-corrected chi connectivity index (χ1v) is 17.1. The van der Waals surface area contributed by atoms with E-state index in [4.69, 9.17) is 18.9 Å². The fraction of sp³-hybridized carbons (Fsp3) is 0.219. The van der Waals surface area contributed by atoms with E-state index in [0.29, 0.717) is 56.8 Å². The topological polar surface area (TPSA) is 131 Å². The SMILES string of the molecule is CCOC(=O)C1=C(C)N=c2s/c(=C\c3cc(Br)c(OCc4ccc([N+](=O)[O-])cc4)c(Br)c3)c(=O)n2[C@@H]1c1cc(OC)c(OC)cc1Br. The van der Waals surface area contributed by atoms with E-state index in [1.54, 1.807) is 44.2 Å². The molecule has 0 N–H and O–H groups in total. The van der Waals surface area contributed by atoms with E-state index < -0.39 is 16.9 Å². The molecule has 0 unspecified atom stereocenters. The van der Waals surface area contributed by atoms with Crippen LogP contribution in [-0.4, -0.2) is 36.3 Å². The molecule has 1 aliphatic heterocycles. The summed E-state index contributed by atoms with van der Waals surface area (Å²) in [5, 5.41) is 10.9. The average molecular weight is 852 g/mol. The molecular formula is C32H26Br3N3O8S. The zero-order valence-electron chi connectivity index (χ0n) is 25.3. The van der Waals surface area contributed by atoms with E-state index in [0.717, 1.165) is 5.56 Å². The molecule has 0 fully saturated rings. The Bertz CT molecular complexity index is 2090. The summed E-state index contributed by atoms with van der Waals surface area (Å²) in [5.74, 6) is 0.850. The summed E-state index contributed by atoms with van der Waals surface area (Å²) < 4.78 is 26.1. The molecule has 0 saturated heterocycles. The first-order valence-electron chi connectivity index (χ1n) is 13.9. The van der Waals surface area contributed by atoms with Gasteiger partial charge in [0.25, 0.3) is 11.2 Å². The highest BCUT2D eigenvalue weighted by molar-refractivity contribution is 9.11. The number of thiazole rings is 1. The van der Waals surface area contributed by atoms with Gasteiger partial charge in [0.1, 0.15) is 12.4 Å². The first kappa shape index (κ1) is 34.5. The molecule has 0 aliphatic carbocycles. The number of rotatable bonds is 10. The Morgan fingerprint density at radius 1 is 1.04 bits per heavy atom. The van der Waals surface area contributed by atoms with Crippen LogP contribution in [0.2, 0.25) is 0 Å². The van der Waals surface area contributed by atoms with Crippen molar-refractivity contribution >= 4 is 76.9 Å². The number of carbonyl (C=O) groups excluding carboxylic acids is 1. The third-order valence-corrected chi connectivity index (χ3v) is 10.0. The number of hydrogen-bond acceptors (Lipinski definition) is 10. The summed E-state index contributed by atoms with van der Waals surface area (Å²) in [4.78, 5) is 43.0. The van der Waals surface area contributed by atoms with Crippen LogP contribution in [0.25, 0.3) is 6.08 Å². The Morgan fingerprint density at radius 3 is 2.28 bits per heavy atom. The van der Waals surface area contributed by atoms with E-state index in [1.807, 2.05) is 12.1 Å². The van der Waals surface area contributed by atoms with Crippen LogP contribution < -0.4 is 29.1 Å². The smallest absolute Gasteiger partial charge is 0.338 e. The zero-order chi connectivity index (χ0) is 34.0. The average Bonchev–Trinajstić information content (AvgIpc) is 3.33. The van der Waals surface area contributed by atoms with Crippen molar-refractivity contribution in [2.24, 2.45) is 4.99 Å². The molecule has 4 aromatic rings. The standard InChI is InChI=1S/C32H26Br3N3O8S/c1-5-45-31(40)27-16(2)36-32-37(28(27)20-13-24(43-3)25(44-4)14-21(20)33)30(39)26(47-32)12-18-10-22(34)29(23(35)11-18)46-15-17-6-8-19(9-7-17)38(41)42/h6-14,28H,5,15H2,1-4H3/b26-12-/t28-/m1/s1. The van der Waals surface area contributed by atoms with Gasteiger partial charge in [0.15, 0.2) is 16.3 Å². The number of methoxy groups -OCH3 is 2. The predicted molar refractivity (Wildman–Crippen MR) is 187 cm³/mol. The number of benzene rings is 3. The third kappa shape index (κ3) is 7.08. The number of hydrogen-bond donors (Lipinski definition) is 0. The minimum Gasteiger partial charge on any atom is -0.493 e. The first-order chi connectivity index (χ1) is 22.5. The lowest BCUT2D eigenvalue weighted by Crippen LogP contribution is -2.40. The van der Waals surface area contributed by atoms with Crippen LogP contribution in [0.5, 0.6) is 17.2 Å². The van der Waals surface area contributed by atoms with Crippen LogP contribution in [-0.2, 0) is 16.1 Å². The minimum absolute atomic E-state index is 0.000650. The van der Waals surface area contributed by atoms with Crippen molar-refractivity contribution in [3.05, 3.63) is 120 Å². The largest absolute Gasteiger partial charge is 0.493 e. The summed E-state index contributed by atoms with van der Waals surface area (Å²) in [6, 6.07) is 12.3. The third-order valence-electron chi connectivity index (χ3n) is 7.16. The molecule has 15 heteroatoms. The van der Waals surface area contributed by atoms with Gasteiger partial charge in [0.05, 0.1) is 56.5 Å². The number of fused-ring (bicyclic) bond motifs is 1. The monoisotopic (exact) mass is 849 g/mol. The molecule has 1 aliphatic rings. The maximum absolute atomic E-state index is 14.1. The van der Waals surface area contributed by atoms with E-state index in [1.165, 1.54) is 42.3 Å². The predicted octanol–water partition coefficient (Wildman–Crippen LogP) is 6.59. The number of allylic oxidation sites excluding steroid dienone is 1. The fourth-order valence-electron chi connectivity index (χ4n) is 4.99. The molecule has 0 radical (unpaired) electrons. The normalized spacial score (nSPS) is 14.4. The molecule has 0 spiro atoms. The van der Waals surface area contributed by atoms with Gasteiger partial charge in [0, 0.05) is 16.6 Å². The van der Waals surface area contributed by atoms with E-state index in [2.05, 4.69) is 52.8 Å². The molecule has 0 bridgehead atoms. The number of nitrogens with zero attached hydrogens (tertiary/aromatic N) is 3. The summed E-state index contributed by atoms with van der Waals surface area (Å²) >= 11 is 11.9. The van der Waals surface area contributed by atoms with Gasteiger partial charge in [-0.2, -0.15) is 0 Å². The Morgan fingerprint density at radius 2 is 1.68 bits per heavy atom. The van der Waals surface area contributed by atoms with Crippen LogP contribution in [0.15, 0.2) is 83.0 Å². The van der Waals surface area contributed by atoms with E-state index in [-0.39, 0.29) is 30.0 Å². The van der Waals surface area contributed by atoms with Gasteiger partial charge in [-0.05, 0) is 105 Å². The Kier molecular flexibility index (Phi) is 10.7. The highest BCUT2D eigenvalue weighted by Crippen LogP contribution is 2.41. The number of carbonyl (C=O) groups is 1. The summed E-state index contributed by atoms with van der Waals surface area (Å²) in [6.07, 6.45) is 1.74. The van der Waals surface area contributed by atoms with Gasteiger partial charge in [0.2, 0.25) is 0 Å². The van der Waals surface area contributed by atoms with Crippen molar-refractivity contribution < 1.29 is 28.7 Å². The number of aromatic nitrogens is 1. The number of esters is 1. The molecule has 3 aromatic carbocycles. The number of ether oxygens (including phenoxy) is 4. The summed E-state index contributed by atoms with van der Waals surface area (Å²) in [6.45, 7) is 3.76. The van der Waals surface area contributed by atoms with Crippen LogP contribution in [0.1, 0.15) is 36.6 Å². The van der Waals surface area contributed by atoms with Gasteiger partial charge in [-0.1, -0.05) is 27.3 Å². The van der Waals surface area contributed by atoms with Crippen molar-refractivity contribution in [1.29, 1.82) is 0 Å². The number of nitro benzene ring substituents is 1. The maximum atomic E-state index is 14.1. The molecule has 11 nitrogen and oxygen atoms in total. The van der Waals surface area contributed by atoms with Gasteiger partial charge in [-0.3, -0.25) is 19.5 Å². The summed E-state index contributed by atoms with van der Waals surface area (Å²) in [5.41, 5.74) is 2.37. The second kappa shape index (κ2) is 14.5. The van der Waals surface area contributed by atoms with Crippen LogP contribution in [0.4, 0.5) is 5.69 Å². The van der Waals surface area contributed by atoms with Crippen molar-refractivity contribution in [3.8, 4) is 17.2 Å². The number of non-ortho nitro benzene ring substituents is 1. The lowest BCUT2D eigenvalue weighted by atomic mass is 9.95. The van der Waals surface area contributed by atoms with Crippen molar-refractivity contribution in [1.82, 2.24) is 4.57 Å². The molecular weight excluding hydrogens is 826 g/mol. The molecule has 2 heterocycles. The lowest BCUT2D eigenvalue weighted by Gasteiger charge is -2.26. The molecule has 0 saturated carbocycles. The Hall–Kier alpha value is -3.79. The molecule has 244 valence electrons. The second-order valence-corrected chi connectivity index (χ2v) is 13.6. The molecule has 1 aromatic heterocycles. The van der Waals surface area contributed by atoms with Gasteiger partial charge < -0.3 is 18.9 Å².